The molecule has 0 amide bonds. The molecule has 2 aromatic carbocycles. The lowest BCUT2D eigenvalue weighted by Crippen LogP contribution is -2.14. The summed E-state index contributed by atoms with van der Waals surface area (Å²) in [6.45, 7) is 1.91. The van der Waals surface area contributed by atoms with Crippen LogP contribution in [0.15, 0.2) is 40.9 Å². The number of aryl methyl sites for hydroxylation is 1. The van der Waals surface area contributed by atoms with Crippen LogP contribution in [-0.2, 0) is 0 Å². The Balaban J connectivity index is 2.47. The summed E-state index contributed by atoms with van der Waals surface area (Å²) in [6.07, 6.45) is 0. The van der Waals surface area contributed by atoms with Crippen molar-refractivity contribution >= 4 is 27.5 Å². The second-order valence-corrected chi connectivity index (χ2v) is 5.46. The first-order valence-corrected chi connectivity index (χ1v) is 6.62. The van der Waals surface area contributed by atoms with E-state index in [0.29, 0.717) is 10.6 Å². The molecule has 1 atom stereocenters. The third-order valence-electron chi connectivity index (χ3n) is 2.78. The van der Waals surface area contributed by atoms with Crippen LogP contribution in [0.5, 0.6) is 0 Å². The highest BCUT2D eigenvalue weighted by molar-refractivity contribution is 9.10. The Labute approximate surface area is 119 Å². The Morgan fingerprint density at radius 2 is 1.89 bits per heavy atom. The van der Waals surface area contributed by atoms with Crippen LogP contribution in [0, 0.1) is 12.7 Å². The van der Waals surface area contributed by atoms with Gasteiger partial charge in [0.05, 0.1) is 6.04 Å². The molecule has 0 radical (unpaired) electrons. The molecule has 0 saturated heterocycles. The van der Waals surface area contributed by atoms with Crippen LogP contribution in [0.3, 0.4) is 0 Å². The van der Waals surface area contributed by atoms with Crippen molar-refractivity contribution in [1.29, 1.82) is 0 Å². The zero-order valence-electron chi connectivity index (χ0n) is 9.75. The fourth-order valence-corrected chi connectivity index (χ4v) is 2.75. The lowest BCUT2D eigenvalue weighted by atomic mass is 9.98. The van der Waals surface area contributed by atoms with E-state index in [1.807, 2.05) is 6.92 Å². The van der Waals surface area contributed by atoms with E-state index in [9.17, 15) is 4.39 Å². The molecule has 0 aliphatic rings. The van der Waals surface area contributed by atoms with E-state index in [2.05, 4.69) is 15.9 Å². The number of nitrogens with two attached hydrogens (primary N) is 1. The fourth-order valence-electron chi connectivity index (χ4n) is 1.82. The highest BCUT2D eigenvalue weighted by Gasteiger charge is 2.16. The Bertz CT molecular complexity index is 586. The predicted octanol–water partition coefficient (Wildman–Crippen LogP) is 4.60. The number of halogens is 3. The number of hydrogen-bond donors (Lipinski definition) is 1. The minimum atomic E-state index is -0.517. The highest BCUT2D eigenvalue weighted by Crippen LogP contribution is 2.30. The number of hydrogen-bond acceptors (Lipinski definition) is 1. The molecule has 0 aliphatic carbocycles. The summed E-state index contributed by atoms with van der Waals surface area (Å²) < 4.78 is 14.6. The molecule has 1 unspecified atom stereocenters. The van der Waals surface area contributed by atoms with Gasteiger partial charge in [-0.25, -0.2) is 4.39 Å². The van der Waals surface area contributed by atoms with E-state index in [1.165, 1.54) is 6.07 Å². The van der Waals surface area contributed by atoms with Crippen molar-refractivity contribution in [2.24, 2.45) is 5.73 Å². The summed E-state index contributed by atoms with van der Waals surface area (Å²) in [4.78, 5) is 0. The summed E-state index contributed by atoms with van der Waals surface area (Å²) in [5, 5.41) is 0.613. The van der Waals surface area contributed by atoms with Gasteiger partial charge in [-0.05, 0) is 30.7 Å². The lowest BCUT2D eigenvalue weighted by Gasteiger charge is -2.16. The van der Waals surface area contributed by atoms with Crippen LogP contribution in [0.4, 0.5) is 4.39 Å². The van der Waals surface area contributed by atoms with Crippen molar-refractivity contribution in [3.8, 4) is 0 Å². The maximum atomic E-state index is 13.8. The molecule has 0 fully saturated rings. The molecule has 4 heteroatoms. The minimum Gasteiger partial charge on any atom is -0.320 e. The Morgan fingerprint density at radius 1 is 1.17 bits per heavy atom. The van der Waals surface area contributed by atoms with E-state index in [0.717, 1.165) is 15.6 Å². The van der Waals surface area contributed by atoms with Gasteiger partial charge in [-0.2, -0.15) is 0 Å². The standard InChI is InChI=1S/C14H12BrClFN/c1-8-2-5-13(17)11(6-8)14(18)10-4-3-9(16)7-12(10)15/h2-7,14H,18H2,1H3. The predicted molar refractivity (Wildman–Crippen MR) is 76.3 cm³/mol. The van der Waals surface area contributed by atoms with Crippen LogP contribution in [0.1, 0.15) is 22.7 Å². The molecule has 0 heterocycles. The average molecular weight is 329 g/mol. The molecule has 1 nitrogen and oxygen atoms in total. The molecule has 0 bridgehead atoms. The minimum absolute atomic E-state index is 0.296. The molecule has 2 rings (SSSR count). The van der Waals surface area contributed by atoms with Crippen molar-refractivity contribution < 1.29 is 4.39 Å². The monoisotopic (exact) mass is 327 g/mol. The van der Waals surface area contributed by atoms with Crippen LogP contribution >= 0.6 is 27.5 Å². The van der Waals surface area contributed by atoms with E-state index in [-0.39, 0.29) is 5.82 Å². The molecular weight excluding hydrogens is 317 g/mol. The van der Waals surface area contributed by atoms with Gasteiger partial charge in [0, 0.05) is 15.1 Å². The van der Waals surface area contributed by atoms with E-state index in [1.54, 1.807) is 30.3 Å². The second-order valence-electron chi connectivity index (χ2n) is 4.17. The molecule has 2 aromatic rings. The lowest BCUT2D eigenvalue weighted by molar-refractivity contribution is 0.598. The van der Waals surface area contributed by atoms with Crippen molar-refractivity contribution in [2.75, 3.05) is 0 Å². The SMILES string of the molecule is Cc1ccc(F)c(C(N)c2ccc(Cl)cc2Br)c1. The van der Waals surface area contributed by atoms with Crippen LogP contribution in [0.25, 0.3) is 0 Å². The van der Waals surface area contributed by atoms with Gasteiger partial charge in [0.15, 0.2) is 0 Å². The molecule has 0 spiro atoms. The van der Waals surface area contributed by atoms with Gasteiger partial charge >= 0.3 is 0 Å². The zero-order valence-corrected chi connectivity index (χ0v) is 12.1. The van der Waals surface area contributed by atoms with E-state index in [4.69, 9.17) is 17.3 Å². The molecular formula is C14H12BrClFN. The van der Waals surface area contributed by atoms with Gasteiger partial charge in [-0.1, -0.05) is 51.3 Å². The average Bonchev–Trinajstić information content (AvgIpc) is 2.31. The molecule has 18 heavy (non-hydrogen) atoms. The van der Waals surface area contributed by atoms with Crippen molar-refractivity contribution in [2.45, 2.75) is 13.0 Å². The quantitative estimate of drug-likeness (QED) is 0.856. The van der Waals surface area contributed by atoms with Crippen molar-refractivity contribution in [3.05, 3.63) is 68.4 Å². The largest absolute Gasteiger partial charge is 0.320 e. The van der Waals surface area contributed by atoms with Gasteiger partial charge in [0.1, 0.15) is 5.82 Å². The maximum absolute atomic E-state index is 13.8. The van der Waals surface area contributed by atoms with Crippen molar-refractivity contribution in [3.63, 3.8) is 0 Å². The fraction of sp³-hybridized carbons (Fsp3) is 0.143. The maximum Gasteiger partial charge on any atom is 0.128 e. The molecule has 94 valence electrons. The number of benzene rings is 2. The third kappa shape index (κ3) is 2.74. The van der Waals surface area contributed by atoms with Crippen LogP contribution in [0.2, 0.25) is 5.02 Å². The topological polar surface area (TPSA) is 26.0 Å². The Hall–Kier alpha value is -0.900. The van der Waals surface area contributed by atoms with Gasteiger partial charge in [0.25, 0.3) is 0 Å². The smallest absolute Gasteiger partial charge is 0.128 e. The van der Waals surface area contributed by atoms with Gasteiger partial charge in [-0.15, -0.1) is 0 Å². The normalized spacial score (nSPS) is 12.5. The van der Waals surface area contributed by atoms with Gasteiger partial charge in [-0.3, -0.25) is 0 Å². The number of rotatable bonds is 2. The summed E-state index contributed by atoms with van der Waals surface area (Å²) in [5.41, 5.74) is 8.40. The summed E-state index contributed by atoms with van der Waals surface area (Å²) in [6, 6.07) is 9.72. The highest BCUT2D eigenvalue weighted by atomic mass is 79.9. The van der Waals surface area contributed by atoms with Crippen LogP contribution in [-0.4, -0.2) is 0 Å². The molecule has 0 aliphatic heterocycles. The first-order chi connectivity index (χ1) is 8.49. The second kappa shape index (κ2) is 5.39. The van der Waals surface area contributed by atoms with Crippen molar-refractivity contribution in [1.82, 2.24) is 0 Å². The first-order valence-electron chi connectivity index (χ1n) is 5.45. The van der Waals surface area contributed by atoms with Gasteiger partial charge in [0.2, 0.25) is 0 Å². The Kier molecular flexibility index (Phi) is 4.05. The van der Waals surface area contributed by atoms with E-state index < -0.39 is 6.04 Å². The molecule has 2 N–H and O–H groups in total. The molecule has 0 aromatic heterocycles. The Morgan fingerprint density at radius 3 is 2.56 bits per heavy atom. The van der Waals surface area contributed by atoms with Gasteiger partial charge < -0.3 is 5.73 Å². The summed E-state index contributed by atoms with van der Waals surface area (Å²) in [7, 11) is 0. The van der Waals surface area contributed by atoms with Crippen LogP contribution < -0.4 is 5.73 Å². The molecule has 0 saturated carbocycles. The third-order valence-corrected chi connectivity index (χ3v) is 3.71. The summed E-state index contributed by atoms with van der Waals surface area (Å²) >= 11 is 9.28. The zero-order chi connectivity index (χ0) is 13.3. The van der Waals surface area contributed by atoms with E-state index >= 15 is 0 Å². The summed E-state index contributed by atoms with van der Waals surface area (Å²) in [5.74, 6) is -0.296. The first kappa shape index (κ1) is 13.5.